The van der Waals surface area contributed by atoms with Crippen molar-refractivity contribution in [2.75, 3.05) is 7.11 Å². The van der Waals surface area contributed by atoms with E-state index in [0.717, 1.165) is 33.1 Å². The minimum Gasteiger partial charge on any atom is -0.497 e. The lowest BCUT2D eigenvalue weighted by atomic mass is 10.2. The van der Waals surface area contributed by atoms with Crippen LogP contribution in [0.1, 0.15) is 10.4 Å². The Morgan fingerprint density at radius 1 is 0.840 bits per heavy atom. The van der Waals surface area contributed by atoms with E-state index >= 15 is 0 Å². The number of carbonyl (C=O) groups is 1. The van der Waals surface area contributed by atoms with Crippen LogP contribution in [0.4, 0.5) is 0 Å². The van der Waals surface area contributed by atoms with Crippen LogP contribution < -0.4 is 4.74 Å². The summed E-state index contributed by atoms with van der Waals surface area (Å²) >= 11 is 0. The summed E-state index contributed by atoms with van der Waals surface area (Å²) in [5, 5.41) is 2.17. The average Bonchev–Trinajstić information content (AvgIpc) is 3.01. The van der Waals surface area contributed by atoms with E-state index in [0.29, 0.717) is 0 Å². The molecule has 25 heavy (non-hydrogen) atoms. The van der Waals surface area contributed by atoms with Crippen LogP contribution in [-0.2, 0) is 0 Å². The first kappa shape index (κ1) is 15.2. The molecular weight excluding hydrogens is 310 g/mol. The summed E-state index contributed by atoms with van der Waals surface area (Å²) in [6.07, 6.45) is 3.44. The third-order valence-electron chi connectivity index (χ3n) is 4.33. The van der Waals surface area contributed by atoms with Crippen molar-refractivity contribution in [3.8, 4) is 5.75 Å². The summed E-state index contributed by atoms with van der Waals surface area (Å²) in [6, 6.07) is 23.6. The molecule has 0 saturated carbocycles. The Labute approximate surface area is 145 Å². The van der Waals surface area contributed by atoms with Gasteiger partial charge in [-0.2, -0.15) is 0 Å². The third-order valence-corrected chi connectivity index (χ3v) is 4.33. The van der Waals surface area contributed by atoms with Gasteiger partial charge in [0.05, 0.1) is 18.1 Å². The zero-order valence-corrected chi connectivity index (χ0v) is 13.8. The van der Waals surface area contributed by atoms with Crippen LogP contribution in [0.3, 0.4) is 0 Å². The van der Waals surface area contributed by atoms with Crippen molar-refractivity contribution in [3.63, 3.8) is 0 Å². The standard InChI is InChI=1S/C22H17NO2/c1-25-17-13-10-16(11-14-17)12-15-22(24)23-20-8-4-2-6-18(20)19-7-3-5-9-21(19)23/h2-15H,1H3/b15-12-. The monoisotopic (exact) mass is 327 g/mol. The molecule has 1 aromatic heterocycles. The van der Waals surface area contributed by atoms with E-state index in [1.165, 1.54) is 0 Å². The van der Waals surface area contributed by atoms with Gasteiger partial charge in [-0.15, -0.1) is 0 Å². The molecule has 4 aromatic rings. The Kier molecular flexibility index (Phi) is 3.82. The zero-order valence-electron chi connectivity index (χ0n) is 13.8. The number of para-hydroxylation sites is 2. The molecule has 4 rings (SSSR count). The molecule has 0 N–H and O–H groups in total. The Balaban J connectivity index is 1.77. The highest BCUT2D eigenvalue weighted by Gasteiger charge is 2.13. The molecule has 3 aromatic carbocycles. The largest absolute Gasteiger partial charge is 0.497 e. The maximum absolute atomic E-state index is 12.9. The van der Waals surface area contributed by atoms with Gasteiger partial charge in [0.15, 0.2) is 0 Å². The lowest BCUT2D eigenvalue weighted by Crippen LogP contribution is -2.06. The second kappa shape index (κ2) is 6.29. The zero-order chi connectivity index (χ0) is 17.2. The molecule has 0 spiro atoms. The fraction of sp³-hybridized carbons (Fsp3) is 0.0455. The normalized spacial score (nSPS) is 11.4. The fourth-order valence-electron chi connectivity index (χ4n) is 3.12. The van der Waals surface area contributed by atoms with Gasteiger partial charge in [0, 0.05) is 16.8 Å². The van der Waals surface area contributed by atoms with Gasteiger partial charge in [0.1, 0.15) is 5.75 Å². The molecule has 3 heteroatoms. The van der Waals surface area contributed by atoms with E-state index in [2.05, 4.69) is 12.1 Å². The van der Waals surface area contributed by atoms with E-state index in [4.69, 9.17) is 4.74 Å². The Morgan fingerprint density at radius 3 is 1.96 bits per heavy atom. The maximum Gasteiger partial charge on any atom is 0.255 e. The van der Waals surface area contributed by atoms with Crippen LogP contribution in [0, 0.1) is 0 Å². The van der Waals surface area contributed by atoms with Gasteiger partial charge in [-0.3, -0.25) is 9.36 Å². The van der Waals surface area contributed by atoms with Crippen LogP contribution in [-0.4, -0.2) is 17.6 Å². The summed E-state index contributed by atoms with van der Waals surface area (Å²) in [7, 11) is 1.64. The molecule has 0 unspecified atom stereocenters. The summed E-state index contributed by atoms with van der Waals surface area (Å²) in [4.78, 5) is 12.9. The van der Waals surface area contributed by atoms with Crippen LogP contribution >= 0.6 is 0 Å². The van der Waals surface area contributed by atoms with Gasteiger partial charge < -0.3 is 4.74 Å². The molecule has 0 fully saturated rings. The number of rotatable bonds is 3. The number of carbonyl (C=O) groups excluding carboxylic acids is 1. The van der Waals surface area contributed by atoms with E-state index in [1.807, 2.05) is 66.7 Å². The average molecular weight is 327 g/mol. The lowest BCUT2D eigenvalue weighted by molar-refractivity contribution is 0.0979. The molecule has 0 aliphatic rings. The fourth-order valence-corrected chi connectivity index (χ4v) is 3.12. The van der Waals surface area contributed by atoms with Crippen LogP contribution in [0.5, 0.6) is 5.75 Å². The van der Waals surface area contributed by atoms with Crippen molar-refractivity contribution in [1.82, 2.24) is 4.57 Å². The van der Waals surface area contributed by atoms with Crippen LogP contribution in [0.2, 0.25) is 0 Å². The molecule has 1 heterocycles. The number of hydrogen-bond acceptors (Lipinski definition) is 2. The highest BCUT2D eigenvalue weighted by Crippen LogP contribution is 2.28. The van der Waals surface area contributed by atoms with Gasteiger partial charge >= 0.3 is 0 Å². The first-order chi connectivity index (χ1) is 12.3. The maximum atomic E-state index is 12.9. The van der Waals surface area contributed by atoms with Gasteiger partial charge in [0.25, 0.3) is 5.91 Å². The third kappa shape index (κ3) is 2.70. The molecule has 122 valence electrons. The second-order valence-electron chi connectivity index (χ2n) is 5.81. The summed E-state index contributed by atoms with van der Waals surface area (Å²) < 4.78 is 6.92. The van der Waals surface area contributed by atoms with E-state index < -0.39 is 0 Å². The molecule has 0 atom stereocenters. The van der Waals surface area contributed by atoms with Gasteiger partial charge in [-0.25, -0.2) is 0 Å². The number of allylic oxidation sites excluding steroid dienone is 1. The number of ether oxygens (including phenoxy) is 1. The molecule has 0 bridgehead atoms. The van der Waals surface area contributed by atoms with Crippen molar-refractivity contribution in [2.45, 2.75) is 0 Å². The van der Waals surface area contributed by atoms with E-state index in [9.17, 15) is 4.79 Å². The lowest BCUT2D eigenvalue weighted by Gasteiger charge is -2.02. The van der Waals surface area contributed by atoms with Crippen molar-refractivity contribution in [3.05, 3.63) is 84.4 Å². The summed E-state index contributed by atoms with van der Waals surface area (Å²) in [5.41, 5.74) is 2.80. The Hall–Kier alpha value is -3.33. The number of benzene rings is 3. The predicted octanol–water partition coefficient (Wildman–Crippen LogP) is 5.16. The molecule has 0 aliphatic carbocycles. The summed E-state index contributed by atoms with van der Waals surface area (Å²) in [5.74, 6) is 0.735. The molecule has 0 aliphatic heterocycles. The van der Waals surface area contributed by atoms with Crippen molar-refractivity contribution in [1.29, 1.82) is 0 Å². The molecule has 0 radical (unpaired) electrons. The van der Waals surface area contributed by atoms with Crippen LogP contribution in [0.15, 0.2) is 78.9 Å². The minimum atomic E-state index is -0.0618. The van der Waals surface area contributed by atoms with Gasteiger partial charge in [-0.1, -0.05) is 48.5 Å². The number of nitrogens with zero attached hydrogens (tertiary/aromatic N) is 1. The van der Waals surface area contributed by atoms with Crippen molar-refractivity contribution < 1.29 is 9.53 Å². The topological polar surface area (TPSA) is 31.2 Å². The second-order valence-corrected chi connectivity index (χ2v) is 5.81. The molecule has 3 nitrogen and oxygen atoms in total. The highest BCUT2D eigenvalue weighted by molar-refractivity contribution is 6.15. The van der Waals surface area contributed by atoms with Gasteiger partial charge in [-0.05, 0) is 35.9 Å². The smallest absolute Gasteiger partial charge is 0.255 e. The van der Waals surface area contributed by atoms with Gasteiger partial charge in [0.2, 0.25) is 0 Å². The Morgan fingerprint density at radius 2 is 1.40 bits per heavy atom. The first-order valence-corrected chi connectivity index (χ1v) is 8.12. The van der Waals surface area contributed by atoms with E-state index in [-0.39, 0.29) is 5.91 Å². The molecule has 0 amide bonds. The first-order valence-electron chi connectivity index (χ1n) is 8.12. The summed E-state index contributed by atoms with van der Waals surface area (Å²) in [6.45, 7) is 0. The Bertz CT molecular complexity index is 1030. The molecule has 0 saturated heterocycles. The number of aromatic nitrogens is 1. The SMILES string of the molecule is COc1ccc(/C=C\C(=O)n2c3ccccc3c3ccccc32)cc1. The highest BCUT2D eigenvalue weighted by atomic mass is 16.5. The minimum absolute atomic E-state index is 0.0618. The van der Waals surface area contributed by atoms with Crippen molar-refractivity contribution >= 4 is 33.8 Å². The van der Waals surface area contributed by atoms with Crippen molar-refractivity contribution in [2.24, 2.45) is 0 Å². The number of fused-ring (bicyclic) bond motifs is 3. The predicted molar refractivity (Wildman–Crippen MR) is 102 cm³/mol. The number of hydrogen-bond donors (Lipinski definition) is 0. The quantitative estimate of drug-likeness (QED) is 0.487. The van der Waals surface area contributed by atoms with Crippen LogP contribution in [0.25, 0.3) is 27.9 Å². The number of methoxy groups -OCH3 is 1. The molecular formula is C22H17NO2. The van der Waals surface area contributed by atoms with E-state index in [1.54, 1.807) is 17.8 Å².